The summed E-state index contributed by atoms with van der Waals surface area (Å²) < 4.78 is 25.4. The highest BCUT2D eigenvalue weighted by Crippen LogP contribution is 2.48. The number of hydrogen-bond donors (Lipinski definition) is 0. The largest absolute Gasteiger partial charge is 0.299 e. The second kappa shape index (κ2) is 8.52. The van der Waals surface area contributed by atoms with Crippen LogP contribution in [0.1, 0.15) is 34.9 Å². The Hall–Kier alpha value is -3.38. The summed E-state index contributed by atoms with van der Waals surface area (Å²) in [7, 11) is -3.46. The summed E-state index contributed by atoms with van der Waals surface area (Å²) in [5, 5.41) is 2.21. The van der Waals surface area contributed by atoms with E-state index in [0.29, 0.717) is 12.1 Å². The summed E-state index contributed by atoms with van der Waals surface area (Å²) in [6.45, 7) is 1.98. The Morgan fingerprint density at radius 1 is 0.970 bits per heavy atom. The van der Waals surface area contributed by atoms with Crippen molar-refractivity contribution in [3.63, 3.8) is 0 Å². The molecule has 2 heterocycles. The van der Waals surface area contributed by atoms with Crippen LogP contribution >= 0.6 is 0 Å². The quantitative estimate of drug-likeness (QED) is 0.398. The van der Waals surface area contributed by atoms with Crippen molar-refractivity contribution in [2.75, 3.05) is 0 Å². The van der Waals surface area contributed by atoms with Crippen molar-refractivity contribution in [1.29, 1.82) is 0 Å². The molecule has 166 valence electrons. The van der Waals surface area contributed by atoms with Gasteiger partial charge in [-0.1, -0.05) is 36.4 Å². The Morgan fingerprint density at radius 3 is 2.55 bits per heavy atom. The summed E-state index contributed by atoms with van der Waals surface area (Å²) in [5.74, 6) is 0.267. The van der Waals surface area contributed by atoms with Gasteiger partial charge in [0.25, 0.3) is 0 Å². The summed E-state index contributed by atoms with van der Waals surface area (Å²) in [5.41, 5.74) is 3.54. The van der Waals surface area contributed by atoms with Crippen LogP contribution in [-0.4, -0.2) is 24.2 Å². The third kappa shape index (κ3) is 4.57. The molecule has 0 radical (unpaired) electrons. The number of aryl methyl sites for hydroxylation is 1. The van der Waals surface area contributed by atoms with Gasteiger partial charge in [-0.05, 0) is 66.1 Å². The number of hydrogen-bond acceptors (Lipinski definition) is 5. The van der Waals surface area contributed by atoms with Crippen molar-refractivity contribution in [2.24, 2.45) is 5.92 Å². The third-order valence-electron chi connectivity index (χ3n) is 6.34. The standard InChI is InChI=1S/C27H24N2O3S/c1-18-24-10-5-19(14-21(24)11-13-28-18)15-27(30)26-16-25(26)20-6-8-23(9-7-20)33(31,32)17-22-4-2-3-12-29-22/h2-14,25-26H,15-17H2,1H3/t25?,26-/m1/s1. The van der Waals surface area contributed by atoms with Crippen molar-refractivity contribution >= 4 is 26.4 Å². The smallest absolute Gasteiger partial charge is 0.184 e. The number of nitrogens with zero attached hydrogens (tertiary/aromatic N) is 2. The van der Waals surface area contributed by atoms with Gasteiger partial charge in [-0.15, -0.1) is 0 Å². The van der Waals surface area contributed by atoms with Crippen LogP contribution in [0.2, 0.25) is 0 Å². The molecule has 2 aromatic carbocycles. The van der Waals surface area contributed by atoms with Gasteiger partial charge < -0.3 is 0 Å². The lowest BCUT2D eigenvalue weighted by Crippen LogP contribution is -2.07. The van der Waals surface area contributed by atoms with E-state index in [1.165, 1.54) is 0 Å². The molecule has 5 nitrogen and oxygen atoms in total. The number of carbonyl (C=O) groups excluding carboxylic acids is 1. The van der Waals surface area contributed by atoms with Gasteiger partial charge in [0.15, 0.2) is 9.84 Å². The number of ketones is 1. The highest BCUT2D eigenvalue weighted by molar-refractivity contribution is 7.90. The van der Waals surface area contributed by atoms with Crippen LogP contribution in [0, 0.1) is 12.8 Å². The molecular formula is C27H24N2O3S. The molecule has 0 spiro atoms. The van der Waals surface area contributed by atoms with Crippen molar-refractivity contribution in [3.05, 3.63) is 102 Å². The topological polar surface area (TPSA) is 77.0 Å². The lowest BCUT2D eigenvalue weighted by Gasteiger charge is -2.07. The monoisotopic (exact) mass is 456 g/mol. The number of aromatic nitrogens is 2. The van der Waals surface area contributed by atoms with E-state index in [4.69, 9.17) is 0 Å². The first-order valence-electron chi connectivity index (χ1n) is 11.0. The Labute approximate surface area is 193 Å². The minimum Gasteiger partial charge on any atom is -0.299 e. The Balaban J connectivity index is 1.24. The molecule has 1 aliphatic rings. The van der Waals surface area contributed by atoms with Gasteiger partial charge in [0.1, 0.15) is 5.78 Å². The molecule has 0 aliphatic heterocycles. The van der Waals surface area contributed by atoms with Crippen LogP contribution in [0.15, 0.2) is 84.0 Å². The molecule has 0 saturated heterocycles. The molecule has 0 bridgehead atoms. The van der Waals surface area contributed by atoms with Gasteiger partial charge >= 0.3 is 0 Å². The SMILES string of the molecule is Cc1nccc2cc(CC(=O)[C@@H]3CC3c3ccc(S(=O)(=O)Cc4ccccn4)cc3)ccc12. The Morgan fingerprint density at radius 2 is 1.79 bits per heavy atom. The van der Waals surface area contributed by atoms with Crippen LogP contribution in [0.5, 0.6) is 0 Å². The van der Waals surface area contributed by atoms with Crippen molar-refractivity contribution < 1.29 is 13.2 Å². The predicted molar refractivity (Wildman–Crippen MR) is 128 cm³/mol. The number of rotatable bonds is 7. The predicted octanol–water partition coefficient (Wildman–Crippen LogP) is 4.83. The van der Waals surface area contributed by atoms with E-state index in [-0.39, 0.29) is 28.3 Å². The number of benzene rings is 2. The zero-order valence-corrected chi connectivity index (χ0v) is 19.1. The number of fused-ring (bicyclic) bond motifs is 1. The molecule has 1 saturated carbocycles. The number of Topliss-reactive ketones (excluding diaryl/α,β-unsaturated/α-hetero) is 1. The highest BCUT2D eigenvalue weighted by Gasteiger charge is 2.43. The molecule has 5 rings (SSSR count). The highest BCUT2D eigenvalue weighted by atomic mass is 32.2. The lowest BCUT2D eigenvalue weighted by atomic mass is 10.00. The zero-order valence-electron chi connectivity index (χ0n) is 18.3. The second-order valence-corrected chi connectivity index (χ2v) is 10.7. The normalized spacial score (nSPS) is 17.7. The summed E-state index contributed by atoms with van der Waals surface area (Å²) in [6.07, 6.45) is 4.61. The molecule has 1 fully saturated rings. The van der Waals surface area contributed by atoms with E-state index in [1.807, 2.05) is 37.3 Å². The van der Waals surface area contributed by atoms with Gasteiger partial charge in [-0.2, -0.15) is 0 Å². The second-order valence-electron chi connectivity index (χ2n) is 8.69. The summed E-state index contributed by atoms with van der Waals surface area (Å²) in [4.78, 5) is 21.6. The fourth-order valence-electron chi connectivity index (χ4n) is 4.42. The van der Waals surface area contributed by atoms with Crippen LogP contribution in [0.4, 0.5) is 0 Å². The van der Waals surface area contributed by atoms with E-state index in [2.05, 4.69) is 16.0 Å². The van der Waals surface area contributed by atoms with E-state index >= 15 is 0 Å². The fourth-order valence-corrected chi connectivity index (χ4v) is 5.70. The van der Waals surface area contributed by atoms with Crippen molar-refractivity contribution in [1.82, 2.24) is 9.97 Å². The van der Waals surface area contributed by atoms with E-state index in [0.717, 1.165) is 34.0 Å². The average molecular weight is 457 g/mol. The van der Waals surface area contributed by atoms with Crippen molar-refractivity contribution in [2.45, 2.75) is 36.3 Å². The van der Waals surface area contributed by atoms with Crippen LogP contribution in [0.25, 0.3) is 10.8 Å². The minimum atomic E-state index is -3.46. The molecule has 0 amide bonds. The van der Waals surface area contributed by atoms with E-state index < -0.39 is 9.84 Å². The fraction of sp³-hybridized carbons (Fsp3) is 0.222. The third-order valence-corrected chi connectivity index (χ3v) is 8.01. The molecular weight excluding hydrogens is 432 g/mol. The van der Waals surface area contributed by atoms with Crippen molar-refractivity contribution in [3.8, 4) is 0 Å². The van der Waals surface area contributed by atoms with Crippen LogP contribution < -0.4 is 0 Å². The zero-order chi connectivity index (χ0) is 23.0. The maximum absolute atomic E-state index is 12.9. The van der Waals surface area contributed by atoms with Gasteiger partial charge in [-0.3, -0.25) is 14.8 Å². The lowest BCUT2D eigenvalue weighted by molar-refractivity contribution is -0.119. The molecule has 1 unspecified atom stereocenters. The van der Waals surface area contributed by atoms with Gasteiger partial charge in [-0.25, -0.2) is 8.42 Å². The van der Waals surface area contributed by atoms with Gasteiger partial charge in [0.05, 0.1) is 16.3 Å². The molecule has 0 N–H and O–H groups in total. The summed E-state index contributed by atoms with van der Waals surface area (Å²) in [6, 6.07) is 20.3. The average Bonchev–Trinajstić information content (AvgIpc) is 3.61. The molecule has 6 heteroatoms. The van der Waals surface area contributed by atoms with E-state index in [9.17, 15) is 13.2 Å². The first kappa shape index (κ1) is 21.5. The number of sulfone groups is 1. The molecule has 4 aromatic rings. The maximum Gasteiger partial charge on any atom is 0.184 e. The first-order chi connectivity index (χ1) is 15.9. The number of carbonyl (C=O) groups is 1. The molecule has 1 aliphatic carbocycles. The molecule has 2 aromatic heterocycles. The molecule has 2 atom stereocenters. The first-order valence-corrected chi connectivity index (χ1v) is 12.7. The van der Waals surface area contributed by atoms with Gasteiger partial charge in [0, 0.05) is 35.8 Å². The number of pyridine rings is 2. The Bertz CT molecular complexity index is 1430. The van der Waals surface area contributed by atoms with Crippen LogP contribution in [-0.2, 0) is 26.8 Å². The van der Waals surface area contributed by atoms with Gasteiger partial charge in [0.2, 0.25) is 0 Å². The Kier molecular flexibility index (Phi) is 5.54. The molecule has 33 heavy (non-hydrogen) atoms. The van der Waals surface area contributed by atoms with E-state index in [1.54, 1.807) is 42.7 Å². The minimum absolute atomic E-state index is 0.00384. The van der Waals surface area contributed by atoms with Crippen LogP contribution in [0.3, 0.4) is 0 Å². The summed E-state index contributed by atoms with van der Waals surface area (Å²) >= 11 is 0. The maximum atomic E-state index is 12.9.